The van der Waals surface area contributed by atoms with E-state index in [1.54, 1.807) is 0 Å². The number of nitrogens with one attached hydrogen (secondary N) is 1. The topological polar surface area (TPSA) is 95.9 Å². The smallest absolute Gasteiger partial charge is 0.305 e. The number of unbranched alkanes of at least 4 members (excludes halogenated alkanes) is 49. The average Bonchev–Trinajstić information content (AvgIpc) is 3.44. The van der Waals surface area contributed by atoms with Crippen molar-refractivity contribution < 1.29 is 24.5 Å². The van der Waals surface area contributed by atoms with Gasteiger partial charge in [0.05, 0.1) is 25.4 Å². The zero-order valence-electron chi connectivity index (χ0n) is 52.7. The van der Waals surface area contributed by atoms with E-state index in [2.05, 4.69) is 55.6 Å². The van der Waals surface area contributed by atoms with Crippen LogP contribution in [0.1, 0.15) is 386 Å². The highest BCUT2D eigenvalue weighted by molar-refractivity contribution is 5.76. The van der Waals surface area contributed by atoms with Gasteiger partial charge in [0.15, 0.2) is 0 Å². The normalized spacial score (nSPS) is 12.7. The fourth-order valence-corrected chi connectivity index (χ4v) is 11.0. The lowest BCUT2D eigenvalue weighted by atomic mass is 10.0. The SMILES string of the molecule is CCCCCCCC/C=C\CCCCCCCC(=O)OCCCCCCCCCCC/C=C\C/C=C\CCCCCCCCCCCCCC(=O)NC(CO)C(O)CCCCCCCCCCCCCCCCCCCCC. The first-order valence-electron chi connectivity index (χ1n) is 35.2. The van der Waals surface area contributed by atoms with Crippen molar-refractivity contribution in [1.29, 1.82) is 0 Å². The number of carbonyl (C=O) groups is 2. The van der Waals surface area contributed by atoms with E-state index >= 15 is 0 Å². The minimum Gasteiger partial charge on any atom is -0.466 e. The largest absolute Gasteiger partial charge is 0.466 e. The van der Waals surface area contributed by atoms with Gasteiger partial charge in [-0.1, -0.05) is 326 Å². The number of allylic oxidation sites excluding steroid dienone is 6. The average molecular weight is 1100 g/mol. The Morgan fingerprint density at radius 2 is 0.641 bits per heavy atom. The van der Waals surface area contributed by atoms with Crippen LogP contribution >= 0.6 is 0 Å². The molecule has 0 aromatic rings. The summed E-state index contributed by atoms with van der Waals surface area (Å²) in [6.45, 7) is 4.97. The first kappa shape index (κ1) is 76.1. The highest BCUT2D eigenvalue weighted by atomic mass is 16.5. The van der Waals surface area contributed by atoms with Crippen LogP contribution in [0.3, 0.4) is 0 Å². The molecule has 1 amide bonds. The van der Waals surface area contributed by atoms with Crippen LogP contribution in [0, 0.1) is 0 Å². The molecule has 0 fully saturated rings. The molecule has 2 atom stereocenters. The maximum atomic E-state index is 12.5. The lowest BCUT2D eigenvalue weighted by molar-refractivity contribution is -0.143. The number of rotatable bonds is 66. The molecule has 0 bridgehead atoms. The van der Waals surface area contributed by atoms with Gasteiger partial charge in [0.2, 0.25) is 5.91 Å². The highest BCUT2D eigenvalue weighted by Crippen LogP contribution is 2.18. The van der Waals surface area contributed by atoms with Crippen LogP contribution in [0.25, 0.3) is 0 Å². The molecule has 6 nitrogen and oxygen atoms in total. The van der Waals surface area contributed by atoms with Crippen molar-refractivity contribution in [3.05, 3.63) is 36.5 Å². The minimum atomic E-state index is -0.668. The lowest BCUT2D eigenvalue weighted by Crippen LogP contribution is -2.45. The number of aliphatic hydroxyl groups excluding tert-OH is 2. The maximum absolute atomic E-state index is 12.5. The van der Waals surface area contributed by atoms with Gasteiger partial charge in [-0.25, -0.2) is 0 Å². The van der Waals surface area contributed by atoms with E-state index in [0.29, 0.717) is 25.9 Å². The number of esters is 1. The monoisotopic (exact) mass is 1100 g/mol. The fourth-order valence-electron chi connectivity index (χ4n) is 11.0. The number of hydrogen-bond acceptors (Lipinski definition) is 5. The molecule has 460 valence electrons. The van der Waals surface area contributed by atoms with Gasteiger partial charge in [-0.3, -0.25) is 9.59 Å². The van der Waals surface area contributed by atoms with E-state index in [4.69, 9.17) is 4.74 Å². The van der Waals surface area contributed by atoms with E-state index in [-0.39, 0.29) is 18.5 Å². The Morgan fingerprint density at radius 3 is 0.987 bits per heavy atom. The van der Waals surface area contributed by atoms with Gasteiger partial charge in [-0.15, -0.1) is 0 Å². The third kappa shape index (κ3) is 63.3. The third-order valence-corrected chi connectivity index (χ3v) is 16.4. The molecule has 0 saturated heterocycles. The van der Waals surface area contributed by atoms with Crippen molar-refractivity contribution in [1.82, 2.24) is 5.32 Å². The fraction of sp³-hybridized carbons (Fsp3) is 0.889. The molecular formula is C72H137NO5. The van der Waals surface area contributed by atoms with Crippen molar-refractivity contribution in [2.24, 2.45) is 0 Å². The van der Waals surface area contributed by atoms with Crippen LogP contribution in [0.15, 0.2) is 36.5 Å². The van der Waals surface area contributed by atoms with Gasteiger partial charge >= 0.3 is 5.97 Å². The zero-order chi connectivity index (χ0) is 56.4. The third-order valence-electron chi connectivity index (χ3n) is 16.4. The first-order valence-corrected chi connectivity index (χ1v) is 35.2. The molecule has 0 aliphatic rings. The van der Waals surface area contributed by atoms with Crippen molar-refractivity contribution in [2.45, 2.75) is 398 Å². The van der Waals surface area contributed by atoms with E-state index in [9.17, 15) is 19.8 Å². The second kappa shape index (κ2) is 67.6. The van der Waals surface area contributed by atoms with Gasteiger partial charge in [-0.2, -0.15) is 0 Å². The Hall–Kier alpha value is -1.92. The molecule has 0 spiro atoms. The molecule has 0 aromatic carbocycles. The second-order valence-corrected chi connectivity index (χ2v) is 24.2. The van der Waals surface area contributed by atoms with Gasteiger partial charge < -0.3 is 20.3 Å². The molecular weight excluding hydrogens is 959 g/mol. The molecule has 3 N–H and O–H groups in total. The Labute approximate surface area is 487 Å². The molecule has 0 radical (unpaired) electrons. The van der Waals surface area contributed by atoms with Crippen molar-refractivity contribution in [3.63, 3.8) is 0 Å². The standard InChI is InChI=1S/C72H137NO5/c1-3-5-7-9-11-13-15-17-19-20-30-33-37-40-44-48-52-56-60-64-70(75)69(68-74)73-71(76)65-61-57-53-49-45-41-38-34-31-28-26-24-22-21-23-25-27-29-32-35-39-43-47-51-55-59-63-67-78-72(77)66-62-58-54-50-46-42-36-18-16-14-12-10-8-6-4-2/h18,21-22,25,27,36,69-70,74-75H,3-17,19-20,23-24,26,28-35,37-68H2,1-2H3,(H,73,76)/b22-21-,27-25-,36-18-. The van der Waals surface area contributed by atoms with Gasteiger partial charge in [0, 0.05) is 12.8 Å². The van der Waals surface area contributed by atoms with Gasteiger partial charge in [-0.05, 0) is 83.5 Å². The van der Waals surface area contributed by atoms with Crippen molar-refractivity contribution in [2.75, 3.05) is 13.2 Å². The van der Waals surface area contributed by atoms with Crippen LogP contribution in [-0.4, -0.2) is 47.4 Å². The maximum Gasteiger partial charge on any atom is 0.305 e. The number of aliphatic hydroxyl groups is 2. The predicted molar refractivity (Wildman–Crippen MR) is 343 cm³/mol. The highest BCUT2D eigenvalue weighted by Gasteiger charge is 2.20. The lowest BCUT2D eigenvalue weighted by Gasteiger charge is -2.22. The number of carbonyl (C=O) groups excluding carboxylic acids is 2. The van der Waals surface area contributed by atoms with Crippen molar-refractivity contribution in [3.8, 4) is 0 Å². The summed E-state index contributed by atoms with van der Waals surface area (Å²) in [5, 5.41) is 23.4. The molecule has 0 aliphatic heterocycles. The second-order valence-electron chi connectivity index (χ2n) is 24.2. The molecule has 0 rings (SSSR count). The number of ether oxygens (including phenoxy) is 1. The minimum absolute atomic E-state index is 0.00318. The number of hydrogen-bond donors (Lipinski definition) is 3. The summed E-state index contributed by atoms with van der Waals surface area (Å²) in [5.74, 6) is -0.0316. The van der Waals surface area contributed by atoms with Crippen LogP contribution in [0.2, 0.25) is 0 Å². The summed E-state index contributed by atoms with van der Waals surface area (Å²) >= 11 is 0. The van der Waals surface area contributed by atoms with Crippen LogP contribution in [0.5, 0.6) is 0 Å². The van der Waals surface area contributed by atoms with E-state index in [0.717, 1.165) is 51.4 Å². The Morgan fingerprint density at radius 1 is 0.359 bits per heavy atom. The number of amides is 1. The Bertz CT molecular complexity index is 1260. The predicted octanol–water partition coefficient (Wildman–Crippen LogP) is 22.7. The van der Waals surface area contributed by atoms with Crippen molar-refractivity contribution >= 4 is 11.9 Å². The summed E-state index contributed by atoms with van der Waals surface area (Å²) in [5.41, 5.74) is 0. The molecule has 0 saturated carbocycles. The molecule has 6 heteroatoms. The molecule has 2 unspecified atom stereocenters. The van der Waals surface area contributed by atoms with Gasteiger partial charge in [0.25, 0.3) is 0 Å². The Kier molecular flexibility index (Phi) is 65.9. The summed E-state index contributed by atoms with van der Waals surface area (Å²) in [7, 11) is 0. The van der Waals surface area contributed by atoms with Crippen LogP contribution in [0.4, 0.5) is 0 Å². The molecule has 0 aliphatic carbocycles. The first-order chi connectivity index (χ1) is 38.5. The van der Waals surface area contributed by atoms with Gasteiger partial charge in [0.1, 0.15) is 0 Å². The summed E-state index contributed by atoms with van der Waals surface area (Å²) < 4.78 is 5.48. The molecule has 0 aromatic heterocycles. The van der Waals surface area contributed by atoms with E-state index in [1.165, 1.54) is 302 Å². The van der Waals surface area contributed by atoms with E-state index < -0.39 is 12.1 Å². The molecule has 0 heterocycles. The summed E-state index contributed by atoms with van der Waals surface area (Å²) in [6.07, 6.45) is 86.1. The quantitative estimate of drug-likeness (QED) is 0.0320. The van der Waals surface area contributed by atoms with Crippen LogP contribution < -0.4 is 5.32 Å². The summed E-state index contributed by atoms with van der Waals surface area (Å²) in [6, 6.07) is -0.545. The Balaban J connectivity index is 3.42. The van der Waals surface area contributed by atoms with E-state index in [1.807, 2.05) is 0 Å². The van der Waals surface area contributed by atoms with Crippen LogP contribution in [-0.2, 0) is 14.3 Å². The molecule has 78 heavy (non-hydrogen) atoms. The summed E-state index contributed by atoms with van der Waals surface area (Å²) in [4.78, 5) is 24.6. The zero-order valence-corrected chi connectivity index (χ0v) is 52.7.